The van der Waals surface area contributed by atoms with Crippen molar-refractivity contribution >= 4 is 34.1 Å². The quantitative estimate of drug-likeness (QED) is 0.683. The number of pyridine rings is 1. The number of hydrogen-bond acceptors (Lipinski definition) is 3. The summed E-state index contributed by atoms with van der Waals surface area (Å²) in [6.07, 6.45) is 1.49. The summed E-state index contributed by atoms with van der Waals surface area (Å²) < 4.78 is 1.47. The molecule has 0 spiro atoms. The van der Waals surface area contributed by atoms with Crippen LogP contribution in [0, 0.1) is 0 Å². The van der Waals surface area contributed by atoms with Gasteiger partial charge < -0.3 is 0 Å². The minimum atomic E-state index is -0.131. The predicted octanol–water partition coefficient (Wildman–Crippen LogP) is 3.15. The van der Waals surface area contributed by atoms with Gasteiger partial charge in [-0.15, -0.1) is 0 Å². The Labute approximate surface area is 124 Å². The fraction of sp³-hybridized carbons (Fsp3) is 0.0714. The van der Waals surface area contributed by atoms with E-state index in [1.807, 2.05) is 6.07 Å². The van der Waals surface area contributed by atoms with Crippen LogP contribution in [0.1, 0.15) is 5.69 Å². The lowest BCUT2D eigenvalue weighted by Crippen LogP contribution is -2.21. The van der Waals surface area contributed by atoms with E-state index in [1.165, 1.54) is 10.9 Å². The van der Waals surface area contributed by atoms with Gasteiger partial charge in [-0.1, -0.05) is 35.3 Å². The fourth-order valence-corrected chi connectivity index (χ4v) is 2.28. The van der Waals surface area contributed by atoms with Crippen LogP contribution in [-0.4, -0.2) is 14.5 Å². The Morgan fingerprint density at radius 3 is 2.75 bits per heavy atom. The highest BCUT2D eigenvalue weighted by Gasteiger charge is 2.08. The van der Waals surface area contributed by atoms with Crippen LogP contribution < -0.4 is 5.56 Å². The van der Waals surface area contributed by atoms with Crippen molar-refractivity contribution in [3.8, 4) is 0 Å². The highest BCUT2D eigenvalue weighted by Crippen LogP contribution is 2.17. The summed E-state index contributed by atoms with van der Waals surface area (Å²) >= 11 is 11.9. The largest absolute Gasteiger partial charge is 0.293 e. The Balaban J connectivity index is 2.09. The monoisotopic (exact) mass is 305 g/mol. The van der Waals surface area contributed by atoms with Gasteiger partial charge in [-0.3, -0.25) is 9.36 Å². The number of hydrogen-bond donors (Lipinski definition) is 0. The minimum absolute atomic E-state index is 0.131. The second kappa shape index (κ2) is 5.23. The predicted molar refractivity (Wildman–Crippen MR) is 79.4 cm³/mol. The van der Waals surface area contributed by atoms with Crippen molar-refractivity contribution < 1.29 is 0 Å². The van der Waals surface area contributed by atoms with E-state index in [2.05, 4.69) is 9.97 Å². The van der Waals surface area contributed by atoms with Crippen LogP contribution in [0.4, 0.5) is 0 Å². The van der Waals surface area contributed by atoms with E-state index in [9.17, 15) is 4.79 Å². The second-order valence-electron chi connectivity index (χ2n) is 4.26. The zero-order valence-corrected chi connectivity index (χ0v) is 11.8. The van der Waals surface area contributed by atoms with Crippen molar-refractivity contribution in [2.75, 3.05) is 0 Å². The molecule has 3 aromatic rings. The Hall–Kier alpha value is -1.91. The second-order valence-corrected chi connectivity index (χ2v) is 5.05. The first kappa shape index (κ1) is 13.1. The molecule has 0 saturated carbocycles. The third kappa shape index (κ3) is 2.40. The summed E-state index contributed by atoms with van der Waals surface area (Å²) in [5.41, 5.74) is 1.07. The summed E-state index contributed by atoms with van der Waals surface area (Å²) in [5, 5.41) is 1.37. The minimum Gasteiger partial charge on any atom is -0.293 e. The Morgan fingerprint density at radius 1 is 1.10 bits per heavy atom. The number of benzene rings is 1. The maximum absolute atomic E-state index is 12.3. The molecule has 0 aliphatic rings. The van der Waals surface area contributed by atoms with Crippen LogP contribution in [0.25, 0.3) is 10.9 Å². The summed E-state index contributed by atoms with van der Waals surface area (Å²) in [7, 11) is 0. The molecule has 3 rings (SSSR count). The van der Waals surface area contributed by atoms with Gasteiger partial charge in [0.1, 0.15) is 5.15 Å². The first-order chi connectivity index (χ1) is 9.65. The molecule has 0 saturated heterocycles. The highest BCUT2D eigenvalue weighted by molar-refractivity contribution is 6.32. The number of fused-ring (bicyclic) bond motifs is 1. The topological polar surface area (TPSA) is 47.8 Å². The highest BCUT2D eigenvalue weighted by atomic mass is 35.5. The number of nitrogens with zero attached hydrogens (tertiary/aromatic N) is 3. The van der Waals surface area contributed by atoms with E-state index < -0.39 is 0 Å². The SMILES string of the molecule is O=c1c2ccccc2ncn1Cc1nc(Cl)ccc1Cl. The summed E-state index contributed by atoms with van der Waals surface area (Å²) in [4.78, 5) is 20.7. The Morgan fingerprint density at radius 2 is 1.90 bits per heavy atom. The molecule has 0 aliphatic carbocycles. The summed E-state index contributed by atoms with van der Waals surface area (Å²) in [6, 6.07) is 10.5. The third-order valence-corrected chi connectivity index (χ3v) is 3.49. The van der Waals surface area contributed by atoms with E-state index in [0.717, 1.165) is 0 Å². The van der Waals surface area contributed by atoms with Crippen molar-refractivity contribution in [1.29, 1.82) is 0 Å². The maximum Gasteiger partial charge on any atom is 0.261 e. The molecule has 0 unspecified atom stereocenters. The first-order valence-corrected chi connectivity index (χ1v) is 6.66. The molecule has 0 N–H and O–H groups in total. The summed E-state index contributed by atoms with van der Waals surface area (Å²) in [5.74, 6) is 0. The standard InChI is InChI=1S/C14H9Cl2N3O/c15-10-5-6-13(16)18-12(10)7-19-8-17-11-4-2-1-3-9(11)14(19)20/h1-6,8H,7H2. The molecule has 0 amide bonds. The molecule has 0 aliphatic heterocycles. The molecular formula is C14H9Cl2N3O. The van der Waals surface area contributed by atoms with Gasteiger partial charge in [-0.05, 0) is 24.3 Å². The molecule has 0 bridgehead atoms. The fourth-order valence-electron chi connectivity index (χ4n) is 1.95. The van der Waals surface area contributed by atoms with Gasteiger partial charge >= 0.3 is 0 Å². The smallest absolute Gasteiger partial charge is 0.261 e. The molecule has 20 heavy (non-hydrogen) atoms. The van der Waals surface area contributed by atoms with Gasteiger partial charge in [0.25, 0.3) is 5.56 Å². The molecule has 2 heterocycles. The molecule has 4 nitrogen and oxygen atoms in total. The van der Waals surface area contributed by atoms with Gasteiger partial charge in [0.15, 0.2) is 0 Å². The first-order valence-electron chi connectivity index (χ1n) is 5.90. The van der Waals surface area contributed by atoms with E-state index in [1.54, 1.807) is 30.3 Å². The molecule has 2 aromatic heterocycles. The Kier molecular flexibility index (Phi) is 3.42. The molecule has 0 fully saturated rings. The van der Waals surface area contributed by atoms with Gasteiger partial charge in [0.05, 0.1) is 34.5 Å². The molecule has 0 atom stereocenters. The molecule has 6 heteroatoms. The maximum atomic E-state index is 12.3. The van der Waals surface area contributed by atoms with Crippen LogP contribution in [0.5, 0.6) is 0 Å². The van der Waals surface area contributed by atoms with Crippen LogP contribution in [-0.2, 0) is 6.54 Å². The van der Waals surface area contributed by atoms with Gasteiger partial charge in [0.2, 0.25) is 0 Å². The lowest BCUT2D eigenvalue weighted by molar-refractivity contribution is 0.730. The Bertz CT molecular complexity index is 845. The van der Waals surface area contributed by atoms with Crippen molar-refractivity contribution in [2.45, 2.75) is 6.54 Å². The van der Waals surface area contributed by atoms with Crippen LogP contribution >= 0.6 is 23.2 Å². The third-order valence-electron chi connectivity index (χ3n) is 2.94. The molecule has 100 valence electrons. The number of halogens is 2. The van der Waals surface area contributed by atoms with Crippen LogP contribution in [0.2, 0.25) is 10.2 Å². The average molecular weight is 306 g/mol. The molecule has 1 aromatic carbocycles. The van der Waals surface area contributed by atoms with Crippen molar-refractivity contribution in [3.05, 3.63) is 68.9 Å². The van der Waals surface area contributed by atoms with Crippen LogP contribution in [0.3, 0.4) is 0 Å². The lowest BCUT2D eigenvalue weighted by atomic mass is 10.2. The van der Waals surface area contributed by atoms with E-state index >= 15 is 0 Å². The number of rotatable bonds is 2. The molecular weight excluding hydrogens is 297 g/mol. The average Bonchev–Trinajstić information content (AvgIpc) is 2.46. The number of aromatic nitrogens is 3. The summed E-state index contributed by atoms with van der Waals surface area (Å²) in [6.45, 7) is 0.232. The van der Waals surface area contributed by atoms with Gasteiger partial charge in [0, 0.05) is 0 Å². The van der Waals surface area contributed by atoms with E-state index in [4.69, 9.17) is 23.2 Å². The zero-order valence-electron chi connectivity index (χ0n) is 10.3. The van der Waals surface area contributed by atoms with E-state index in [0.29, 0.717) is 26.8 Å². The zero-order chi connectivity index (χ0) is 14.1. The van der Waals surface area contributed by atoms with Gasteiger partial charge in [-0.2, -0.15) is 0 Å². The molecule has 0 radical (unpaired) electrons. The normalized spacial score (nSPS) is 10.9. The van der Waals surface area contributed by atoms with Crippen LogP contribution in [0.15, 0.2) is 47.5 Å². The van der Waals surface area contributed by atoms with Crippen molar-refractivity contribution in [3.63, 3.8) is 0 Å². The van der Waals surface area contributed by atoms with Crippen molar-refractivity contribution in [1.82, 2.24) is 14.5 Å². The van der Waals surface area contributed by atoms with E-state index in [-0.39, 0.29) is 12.1 Å². The van der Waals surface area contributed by atoms with Gasteiger partial charge in [-0.25, -0.2) is 9.97 Å². The number of para-hydroxylation sites is 1. The van der Waals surface area contributed by atoms with Crippen molar-refractivity contribution in [2.24, 2.45) is 0 Å². The lowest BCUT2D eigenvalue weighted by Gasteiger charge is -2.07.